The predicted molar refractivity (Wildman–Crippen MR) is 71.7 cm³/mol. The number of para-hydroxylation sites is 1. The van der Waals surface area contributed by atoms with E-state index >= 15 is 0 Å². The van der Waals surface area contributed by atoms with Crippen molar-refractivity contribution < 1.29 is 9.36 Å². The van der Waals surface area contributed by atoms with Gasteiger partial charge in [-0.1, -0.05) is 24.3 Å². The van der Waals surface area contributed by atoms with Gasteiger partial charge in [-0.05, 0) is 12.1 Å². The molecule has 0 saturated heterocycles. The van der Waals surface area contributed by atoms with Crippen LogP contribution in [0.15, 0.2) is 70.0 Å². The Hall–Kier alpha value is -2.83. The Labute approximate surface area is 115 Å². The Bertz CT molecular complexity index is 539. The van der Waals surface area contributed by atoms with Gasteiger partial charge in [-0.15, -0.1) is 5.10 Å². The highest BCUT2D eigenvalue weighted by molar-refractivity contribution is 5.77. The van der Waals surface area contributed by atoms with Crippen molar-refractivity contribution >= 4 is 10.9 Å². The highest BCUT2D eigenvalue weighted by atomic mass is 16.6. The summed E-state index contributed by atoms with van der Waals surface area (Å²) in [6.07, 6.45) is 4.68. The van der Waals surface area contributed by atoms with Gasteiger partial charge in [-0.3, -0.25) is 4.98 Å². The standard InChI is InChI=1S/C9H7N.C2H4N2O.C2H2N2O/c1-2-6-9-8(4-1)5-3-7-10-9;2*1-2-5-4-3-1/h1-7H;1-2H2;1-2H. The van der Waals surface area contributed by atoms with Crippen molar-refractivity contribution in [3.05, 3.63) is 55.1 Å². The molecule has 0 bridgehead atoms. The molecule has 1 aliphatic heterocycles. The van der Waals surface area contributed by atoms with Crippen LogP contribution >= 0.6 is 0 Å². The van der Waals surface area contributed by atoms with E-state index in [-0.39, 0.29) is 0 Å². The number of hydrogen-bond acceptors (Lipinski definition) is 7. The average Bonchev–Trinajstić information content (AvgIpc) is 3.25. The van der Waals surface area contributed by atoms with Crippen LogP contribution < -0.4 is 0 Å². The van der Waals surface area contributed by atoms with E-state index in [1.165, 1.54) is 17.8 Å². The number of aromatic nitrogens is 3. The van der Waals surface area contributed by atoms with Crippen molar-refractivity contribution in [3.63, 3.8) is 0 Å². The van der Waals surface area contributed by atoms with Crippen LogP contribution in [0.25, 0.3) is 10.9 Å². The van der Waals surface area contributed by atoms with Gasteiger partial charge in [-0.2, -0.15) is 5.11 Å². The third-order valence-corrected chi connectivity index (χ3v) is 2.19. The summed E-state index contributed by atoms with van der Waals surface area (Å²) in [7, 11) is 0. The molecule has 3 heterocycles. The fraction of sp³-hybridized carbons (Fsp3) is 0.154. The van der Waals surface area contributed by atoms with E-state index in [9.17, 15) is 0 Å². The summed E-state index contributed by atoms with van der Waals surface area (Å²) in [5, 5.41) is 14.3. The molecule has 0 N–H and O–H groups in total. The Morgan fingerprint density at radius 2 is 1.90 bits per heavy atom. The molecule has 0 atom stereocenters. The largest absolute Gasteiger partial charge is 0.378 e. The molecule has 0 spiro atoms. The second-order valence-electron chi connectivity index (χ2n) is 3.56. The quantitative estimate of drug-likeness (QED) is 0.627. The van der Waals surface area contributed by atoms with Crippen LogP contribution in [0.3, 0.4) is 0 Å². The fourth-order valence-corrected chi connectivity index (χ4v) is 1.36. The Balaban J connectivity index is 0.000000124. The zero-order chi connectivity index (χ0) is 13.9. The van der Waals surface area contributed by atoms with Crippen LogP contribution in [0.1, 0.15) is 0 Å². The molecular formula is C13H13N5O2. The van der Waals surface area contributed by atoms with Gasteiger partial charge in [0.1, 0.15) is 19.4 Å². The van der Waals surface area contributed by atoms with E-state index in [1.807, 2.05) is 30.5 Å². The Morgan fingerprint density at radius 1 is 1.00 bits per heavy atom. The molecule has 20 heavy (non-hydrogen) atoms. The first-order chi connectivity index (χ1) is 9.97. The number of fused-ring (bicyclic) bond motifs is 1. The van der Waals surface area contributed by atoms with Crippen LogP contribution in [-0.4, -0.2) is 28.5 Å². The molecule has 7 heteroatoms. The number of hydrogen-bond donors (Lipinski definition) is 0. The SMILES string of the molecule is C1CON=N1.c1ccc2ncccc2c1.c1conn1. The van der Waals surface area contributed by atoms with E-state index in [4.69, 9.17) is 0 Å². The van der Waals surface area contributed by atoms with Crippen LogP contribution in [0.2, 0.25) is 0 Å². The maximum Gasteiger partial charge on any atom is 0.144 e. The first kappa shape index (κ1) is 13.6. The highest BCUT2D eigenvalue weighted by Crippen LogP contribution is 2.07. The second-order valence-corrected chi connectivity index (χ2v) is 3.56. The molecule has 102 valence electrons. The molecule has 4 rings (SSSR count). The summed E-state index contributed by atoms with van der Waals surface area (Å²) in [6.45, 7) is 1.40. The summed E-state index contributed by atoms with van der Waals surface area (Å²) < 4.78 is 4.22. The molecule has 0 saturated carbocycles. The fourth-order valence-electron chi connectivity index (χ4n) is 1.36. The van der Waals surface area contributed by atoms with Crippen molar-refractivity contribution in [1.29, 1.82) is 0 Å². The lowest BCUT2D eigenvalue weighted by Gasteiger charge is -1.91. The topological polar surface area (TPSA) is 85.8 Å². The van der Waals surface area contributed by atoms with Gasteiger partial charge >= 0.3 is 0 Å². The number of nitrogens with zero attached hydrogens (tertiary/aromatic N) is 5. The molecule has 0 unspecified atom stereocenters. The Morgan fingerprint density at radius 3 is 2.45 bits per heavy atom. The molecule has 0 radical (unpaired) electrons. The van der Waals surface area contributed by atoms with E-state index in [2.05, 4.69) is 47.2 Å². The first-order valence-electron chi connectivity index (χ1n) is 5.96. The van der Waals surface area contributed by atoms with Gasteiger partial charge in [0.2, 0.25) is 0 Å². The zero-order valence-corrected chi connectivity index (χ0v) is 10.7. The molecule has 7 nitrogen and oxygen atoms in total. The van der Waals surface area contributed by atoms with Crippen molar-refractivity contribution in [2.24, 2.45) is 10.4 Å². The average molecular weight is 271 g/mol. The van der Waals surface area contributed by atoms with E-state index in [0.717, 1.165) is 12.1 Å². The van der Waals surface area contributed by atoms with Gasteiger partial charge < -0.3 is 9.36 Å². The maximum absolute atomic E-state index is 4.40. The van der Waals surface area contributed by atoms with E-state index < -0.39 is 0 Å². The van der Waals surface area contributed by atoms with Crippen LogP contribution in [0.4, 0.5) is 0 Å². The summed E-state index contributed by atoms with van der Waals surface area (Å²) in [6, 6.07) is 12.1. The highest BCUT2D eigenvalue weighted by Gasteiger charge is 1.87. The summed E-state index contributed by atoms with van der Waals surface area (Å²) >= 11 is 0. The molecule has 3 aromatic rings. The summed E-state index contributed by atoms with van der Waals surface area (Å²) in [4.78, 5) is 8.58. The number of benzene rings is 1. The molecule has 2 aromatic heterocycles. The maximum atomic E-state index is 4.40. The molecule has 0 fully saturated rings. The second kappa shape index (κ2) is 8.30. The molecule has 0 amide bonds. The van der Waals surface area contributed by atoms with Gasteiger partial charge in [0.15, 0.2) is 0 Å². The smallest absolute Gasteiger partial charge is 0.144 e. The molecule has 1 aliphatic rings. The lowest BCUT2D eigenvalue weighted by molar-refractivity contribution is 0.174. The summed E-state index contributed by atoms with van der Waals surface area (Å²) in [5.74, 6) is 0. The lowest BCUT2D eigenvalue weighted by atomic mass is 10.2. The Kier molecular flexibility index (Phi) is 5.65. The van der Waals surface area contributed by atoms with Gasteiger partial charge in [0, 0.05) is 22.1 Å². The van der Waals surface area contributed by atoms with E-state index in [0.29, 0.717) is 6.61 Å². The predicted octanol–water partition coefficient (Wildman–Crippen LogP) is 2.69. The number of rotatable bonds is 0. The summed E-state index contributed by atoms with van der Waals surface area (Å²) in [5.41, 5.74) is 1.06. The lowest BCUT2D eigenvalue weighted by Crippen LogP contribution is -1.78. The monoisotopic (exact) mass is 271 g/mol. The van der Waals surface area contributed by atoms with Gasteiger partial charge in [0.25, 0.3) is 0 Å². The van der Waals surface area contributed by atoms with Crippen LogP contribution in [0, 0.1) is 0 Å². The van der Waals surface area contributed by atoms with Crippen molar-refractivity contribution in [1.82, 2.24) is 15.4 Å². The van der Waals surface area contributed by atoms with E-state index in [1.54, 1.807) is 0 Å². The third kappa shape index (κ3) is 4.81. The van der Waals surface area contributed by atoms with Crippen molar-refractivity contribution in [3.8, 4) is 0 Å². The van der Waals surface area contributed by atoms with Gasteiger partial charge in [0.05, 0.1) is 11.7 Å². The van der Waals surface area contributed by atoms with Crippen molar-refractivity contribution in [2.75, 3.05) is 13.2 Å². The zero-order valence-electron chi connectivity index (χ0n) is 10.7. The third-order valence-electron chi connectivity index (χ3n) is 2.19. The number of pyridine rings is 1. The van der Waals surface area contributed by atoms with Crippen LogP contribution in [0.5, 0.6) is 0 Å². The van der Waals surface area contributed by atoms with Gasteiger partial charge in [-0.25, -0.2) is 0 Å². The normalized spacial score (nSPS) is 11.8. The molecule has 1 aromatic carbocycles. The minimum absolute atomic E-state index is 0.667. The van der Waals surface area contributed by atoms with Crippen molar-refractivity contribution in [2.45, 2.75) is 0 Å². The minimum atomic E-state index is 0.667. The van der Waals surface area contributed by atoms with Crippen LogP contribution in [-0.2, 0) is 4.84 Å². The first-order valence-corrected chi connectivity index (χ1v) is 5.96. The minimum Gasteiger partial charge on any atom is -0.378 e. The molecular weight excluding hydrogens is 258 g/mol. The molecule has 0 aliphatic carbocycles.